The van der Waals surface area contributed by atoms with Gasteiger partial charge in [0.2, 0.25) is 13.6 Å². The quantitative estimate of drug-likeness (QED) is 0.146. The van der Waals surface area contributed by atoms with Gasteiger partial charge < -0.3 is 49.0 Å². The van der Waals surface area contributed by atoms with Crippen molar-refractivity contribution in [2.45, 2.75) is 23.9 Å². The molecule has 0 aliphatic carbocycles. The van der Waals surface area contributed by atoms with Crippen LogP contribution < -0.4 is 29.6 Å². The number of ether oxygens (including phenoxy) is 6. The lowest BCUT2D eigenvalue weighted by Crippen LogP contribution is -2.37. The fourth-order valence-electron chi connectivity index (χ4n) is 7.90. The van der Waals surface area contributed by atoms with E-state index in [1.165, 1.54) is 14.2 Å². The zero-order valence-electron chi connectivity index (χ0n) is 29.3. The molecule has 10 rings (SSSR count). The number of rotatable bonds is 4. The molecule has 4 N–H and O–H groups in total. The molecule has 54 heavy (non-hydrogen) atoms. The molecule has 4 aliphatic rings. The molecule has 6 heterocycles. The van der Waals surface area contributed by atoms with Crippen LogP contribution in [0.15, 0.2) is 84.9 Å². The third-order valence-electron chi connectivity index (χ3n) is 10.3. The van der Waals surface area contributed by atoms with Gasteiger partial charge in [0, 0.05) is 46.3 Å². The summed E-state index contributed by atoms with van der Waals surface area (Å²) >= 11 is 0. The number of carbonyl (C=O) groups excluding carboxylic acids is 2. The van der Waals surface area contributed by atoms with E-state index < -0.39 is 0 Å². The Hall–Kier alpha value is -5.40. The second-order valence-corrected chi connectivity index (χ2v) is 13.1. The van der Waals surface area contributed by atoms with Gasteiger partial charge in [0.05, 0.1) is 38.1 Å². The first kappa shape index (κ1) is 36.9. The van der Waals surface area contributed by atoms with Crippen LogP contribution >= 0.6 is 24.8 Å². The highest BCUT2D eigenvalue weighted by Gasteiger charge is 2.38. The first-order chi connectivity index (χ1) is 25.5. The van der Waals surface area contributed by atoms with Crippen molar-refractivity contribution in [1.82, 2.24) is 20.6 Å². The lowest BCUT2D eigenvalue weighted by Gasteiger charge is -2.29. The van der Waals surface area contributed by atoms with E-state index in [0.29, 0.717) is 13.1 Å². The molecule has 0 unspecified atom stereocenters. The van der Waals surface area contributed by atoms with Crippen molar-refractivity contribution < 1.29 is 38.0 Å². The summed E-state index contributed by atoms with van der Waals surface area (Å²) < 4.78 is 31.9. The summed E-state index contributed by atoms with van der Waals surface area (Å²) in [5.74, 6) is 1.88. The van der Waals surface area contributed by atoms with Crippen LogP contribution in [0.2, 0.25) is 0 Å². The molecular weight excluding hydrogens is 735 g/mol. The molecule has 4 aromatic carbocycles. The van der Waals surface area contributed by atoms with E-state index in [0.717, 1.165) is 78.4 Å². The number of hydrogen-bond acceptors (Lipinski definition) is 10. The van der Waals surface area contributed by atoms with Crippen molar-refractivity contribution in [3.05, 3.63) is 119 Å². The number of fused-ring (bicyclic) bond motifs is 8. The first-order valence-electron chi connectivity index (χ1n) is 17.1. The fraction of sp³-hybridized carbons (Fsp3) is 0.250. The van der Waals surface area contributed by atoms with Crippen LogP contribution in [0.1, 0.15) is 57.6 Å². The average molecular weight is 774 g/mol. The number of aromatic amines is 2. The summed E-state index contributed by atoms with van der Waals surface area (Å²) in [6.45, 7) is 1.53. The van der Waals surface area contributed by atoms with Crippen LogP contribution in [-0.2, 0) is 19.1 Å². The van der Waals surface area contributed by atoms with Crippen molar-refractivity contribution in [2.75, 3.05) is 40.9 Å². The molecule has 0 saturated carbocycles. The topological polar surface area (TPSA) is 145 Å². The van der Waals surface area contributed by atoms with Gasteiger partial charge in [-0.2, -0.15) is 0 Å². The van der Waals surface area contributed by atoms with Crippen LogP contribution in [0, 0.1) is 0 Å². The largest absolute Gasteiger partial charge is 0.469 e. The van der Waals surface area contributed by atoms with Crippen LogP contribution in [0.25, 0.3) is 21.8 Å². The van der Waals surface area contributed by atoms with E-state index in [2.05, 4.69) is 20.6 Å². The molecule has 2 aromatic heterocycles. The van der Waals surface area contributed by atoms with Gasteiger partial charge in [-0.25, -0.2) is 0 Å². The van der Waals surface area contributed by atoms with E-state index in [1.807, 2.05) is 84.9 Å². The summed E-state index contributed by atoms with van der Waals surface area (Å²) in [5, 5.41) is 9.08. The zero-order chi connectivity index (χ0) is 35.3. The highest BCUT2D eigenvalue weighted by atomic mass is 35.5. The van der Waals surface area contributed by atoms with Crippen LogP contribution in [-0.4, -0.2) is 62.8 Å². The smallest absolute Gasteiger partial charge is 0.314 e. The minimum Gasteiger partial charge on any atom is -0.469 e. The van der Waals surface area contributed by atoms with Gasteiger partial charge in [-0.05, 0) is 58.7 Å². The Bertz CT molecular complexity index is 2200. The number of benzene rings is 4. The number of carbonyl (C=O) groups is 2. The number of H-pyrrole nitrogens is 2. The van der Waals surface area contributed by atoms with Crippen LogP contribution in [0.4, 0.5) is 0 Å². The molecule has 0 bridgehead atoms. The number of nitrogens with one attached hydrogen (secondary N) is 4. The Kier molecular flexibility index (Phi) is 10.4. The van der Waals surface area contributed by atoms with Crippen molar-refractivity contribution >= 4 is 58.6 Å². The van der Waals surface area contributed by atoms with Crippen molar-refractivity contribution in [2.24, 2.45) is 0 Å². The molecule has 0 saturated heterocycles. The second-order valence-electron chi connectivity index (χ2n) is 13.1. The number of methoxy groups -OCH3 is 2. The van der Waals surface area contributed by atoms with E-state index in [1.54, 1.807) is 0 Å². The van der Waals surface area contributed by atoms with E-state index >= 15 is 0 Å². The average Bonchev–Trinajstić information content (AvgIpc) is 4.01. The van der Waals surface area contributed by atoms with Crippen molar-refractivity contribution in [3.63, 3.8) is 0 Å². The minimum atomic E-state index is -0.337. The first-order valence-corrected chi connectivity index (χ1v) is 17.1. The predicted octanol–water partition coefficient (Wildman–Crippen LogP) is 6.54. The lowest BCUT2D eigenvalue weighted by atomic mass is 9.87. The highest BCUT2D eigenvalue weighted by molar-refractivity contribution is 5.93. The van der Waals surface area contributed by atoms with Gasteiger partial charge in [0.1, 0.15) is 0 Å². The lowest BCUT2D eigenvalue weighted by molar-refractivity contribution is -0.143. The minimum absolute atomic E-state index is 0. The monoisotopic (exact) mass is 772 g/mol. The summed E-state index contributed by atoms with van der Waals surface area (Å²) in [4.78, 5) is 31.7. The molecule has 0 radical (unpaired) electrons. The molecule has 4 atom stereocenters. The number of halogens is 2. The van der Waals surface area contributed by atoms with Crippen molar-refractivity contribution in [3.8, 4) is 23.0 Å². The third kappa shape index (κ3) is 6.24. The molecule has 12 nitrogen and oxygen atoms in total. The van der Waals surface area contributed by atoms with Gasteiger partial charge in [0.15, 0.2) is 23.0 Å². The maximum atomic E-state index is 12.4. The highest BCUT2D eigenvalue weighted by Crippen LogP contribution is 2.43. The normalized spacial score (nSPS) is 20.0. The molecule has 280 valence electrons. The molecular formula is C40H38Cl2N4O8. The maximum absolute atomic E-state index is 12.4. The number of para-hydroxylation sites is 2. The number of hydrogen-bond donors (Lipinski definition) is 4. The molecule has 14 heteroatoms. The summed E-state index contributed by atoms with van der Waals surface area (Å²) in [5.41, 5.74) is 8.15. The zero-order valence-corrected chi connectivity index (χ0v) is 30.9. The second kappa shape index (κ2) is 15.2. The SMILES string of the molecule is COC(=O)[C@@H]1CN[C@H](c2ccc3c(c2)OCO3)c2[nH]c3ccccc3c21.COC(=O)[C@H]1CN[C@@H](c2ccc3c(c2)OCO3)c2[nH]c3ccccc3c21.Cl.Cl. The predicted molar refractivity (Wildman–Crippen MR) is 205 cm³/mol. The van der Waals surface area contributed by atoms with E-state index in [9.17, 15) is 9.59 Å². The fourth-order valence-corrected chi connectivity index (χ4v) is 7.90. The molecule has 4 aliphatic heterocycles. The Balaban J connectivity index is 0.000000161. The van der Waals surface area contributed by atoms with Gasteiger partial charge >= 0.3 is 11.9 Å². The molecule has 0 amide bonds. The number of aromatic nitrogens is 2. The summed E-state index contributed by atoms with van der Waals surface area (Å²) in [7, 11) is 2.86. The van der Waals surface area contributed by atoms with Crippen LogP contribution in [0.5, 0.6) is 23.0 Å². The maximum Gasteiger partial charge on any atom is 0.314 e. The van der Waals surface area contributed by atoms with Crippen molar-refractivity contribution in [1.29, 1.82) is 0 Å². The Morgan fingerprint density at radius 3 is 1.41 bits per heavy atom. The third-order valence-corrected chi connectivity index (χ3v) is 10.3. The Morgan fingerprint density at radius 1 is 0.574 bits per heavy atom. The van der Waals surface area contributed by atoms with Gasteiger partial charge in [0.25, 0.3) is 0 Å². The Labute approximate surface area is 322 Å². The molecule has 0 fully saturated rings. The standard InChI is InChI=1S/2C20H18N2O4.2ClH/c2*1-24-20(23)13-9-21-18(11-6-7-15-16(8-11)26-10-25-15)19-17(13)12-4-2-3-5-14(12)22-19;;/h2*2-8,13,18,21-22H,9-10H2,1H3;2*1H/t2*13-,18-;;/m10../s1. The summed E-state index contributed by atoms with van der Waals surface area (Å²) in [6, 6.07) is 27.9. The van der Waals surface area contributed by atoms with Gasteiger partial charge in [-0.1, -0.05) is 48.5 Å². The van der Waals surface area contributed by atoms with Gasteiger partial charge in [-0.3, -0.25) is 9.59 Å². The number of esters is 2. The molecule has 6 aromatic rings. The van der Waals surface area contributed by atoms with Gasteiger partial charge in [-0.15, -0.1) is 24.8 Å². The van der Waals surface area contributed by atoms with Crippen LogP contribution in [0.3, 0.4) is 0 Å². The van der Waals surface area contributed by atoms with E-state index in [4.69, 9.17) is 28.4 Å². The Morgan fingerprint density at radius 2 is 0.981 bits per heavy atom. The molecule has 0 spiro atoms. The summed E-state index contributed by atoms with van der Waals surface area (Å²) in [6.07, 6.45) is 0. The van der Waals surface area contributed by atoms with E-state index in [-0.39, 0.29) is 74.3 Å².